The second-order valence-corrected chi connectivity index (χ2v) is 3.93. The predicted octanol–water partition coefficient (Wildman–Crippen LogP) is 2.26. The van der Waals surface area contributed by atoms with Gasteiger partial charge in [-0.15, -0.1) is 0 Å². The molecule has 0 fully saturated rings. The molecule has 1 atom stereocenters. The molecule has 0 amide bonds. The molecule has 5 nitrogen and oxygen atoms in total. The van der Waals surface area contributed by atoms with Crippen LogP contribution < -0.4 is 10.6 Å². The normalized spacial score (nSPS) is 13.9. The number of aromatic nitrogens is 2. The maximum atomic E-state index is 12.6. The lowest BCUT2D eigenvalue weighted by molar-refractivity contribution is -0.198. The Balaban J connectivity index is 2.93. The van der Waals surface area contributed by atoms with Crippen LogP contribution in [0.4, 0.5) is 38.1 Å². The third kappa shape index (κ3) is 5.25. The highest BCUT2D eigenvalue weighted by atomic mass is 19.4. The van der Waals surface area contributed by atoms with Crippen molar-refractivity contribution in [2.75, 3.05) is 23.7 Å². The van der Waals surface area contributed by atoms with Crippen LogP contribution in [0.2, 0.25) is 0 Å². The Kier molecular flexibility index (Phi) is 5.20. The quantitative estimate of drug-likeness (QED) is 0.727. The van der Waals surface area contributed by atoms with Gasteiger partial charge in [-0.2, -0.15) is 31.3 Å². The predicted molar refractivity (Wildman–Crippen MR) is 61.7 cm³/mol. The van der Waals surface area contributed by atoms with Crippen molar-refractivity contribution in [1.82, 2.24) is 9.97 Å². The number of aliphatic hydroxyl groups excluding tert-OH is 1. The Morgan fingerprint density at radius 2 is 1.76 bits per heavy atom. The van der Waals surface area contributed by atoms with E-state index in [1.54, 1.807) is 6.92 Å². The highest BCUT2D eigenvalue weighted by molar-refractivity contribution is 5.43. The van der Waals surface area contributed by atoms with E-state index in [1.165, 1.54) is 0 Å². The van der Waals surface area contributed by atoms with Crippen LogP contribution in [0, 0.1) is 0 Å². The summed E-state index contributed by atoms with van der Waals surface area (Å²) < 4.78 is 74.1. The summed E-state index contributed by atoms with van der Waals surface area (Å²) in [4.78, 5) is 6.78. The lowest BCUT2D eigenvalue weighted by Crippen LogP contribution is -2.35. The fourth-order valence-corrected chi connectivity index (χ4v) is 1.24. The van der Waals surface area contributed by atoms with Gasteiger partial charge in [-0.1, -0.05) is 0 Å². The first kappa shape index (κ1) is 17.3. The van der Waals surface area contributed by atoms with Crippen molar-refractivity contribution in [2.24, 2.45) is 0 Å². The second kappa shape index (κ2) is 6.33. The van der Waals surface area contributed by atoms with Crippen LogP contribution in [0.3, 0.4) is 0 Å². The zero-order valence-electron chi connectivity index (χ0n) is 10.7. The van der Waals surface area contributed by atoms with Gasteiger partial charge in [-0.3, -0.25) is 0 Å². The van der Waals surface area contributed by atoms with E-state index in [0.717, 1.165) is 0 Å². The van der Waals surface area contributed by atoms with Crippen LogP contribution in [-0.2, 0) is 6.18 Å². The lowest BCUT2D eigenvalue weighted by atomic mass is 10.3. The molecule has 1 aromatic heterocycles. The first-order chi connectivity index (χ1) is 9.54. The van der Waals surface area contributed by atoms with Crippen LogP contribution in [-0.4, -0.2) is 40.4 Å². The molecular formula is C10H12F6N4O. The molecule has 0 spiro atoms. The molecular weight excluding hydrogens is 306 g/mol. The molecule has 21 heavy (non-hydrogen) atoms. The minimum absolute atomic E-state index is 0.228. The molecule has 0 saturated carbocycles. The minimum atomic E-state index is -4.88. The average molecular weight is 318 g/mol. The summed E-state index contributed by atoms with van der Waals surface area (Å²) in [6, 6.07) is 0.462. The topological polar surface area (TPSA) is 70.1 Å². The third-order valence-corrected chi connectivity index (χ3v) is 2.21. The molecule has 0 bridgehead atoms. The minimum Gasteiger partial charge on any atom is -0.382 e. The number of anilines is 2. The molecule has 0 aliphatic heterocycles. The summed E-state index contributed by atoms with van der Waals surface area (Å²) in [7, 11) is 0. The van der Waals surface area contributed by atoms with Gasteiger partial charge in [0.05, 0.1) is 6.54 Å². The molecule has 0 aliphatic carbocycles. The molecule has 120 valence electrons. The van der Waals surface area contributed by atoms with E-state index in [-0.39, 0.29) is 12.5 Å². The lowest BCUT2D eigenvalue weighted by Gasteiger charge is -2.16. The molecule has 1 rings (SSSR count). The van der Waals surface area contributed by atoms with E-state index in [0.29, 0.717) is 6.07 Å². The fraction of sp³-hybridized carbons (Fsp3) is 0.600. The number of halogens is 6. The van der Waals surface area contributed by atoms with E-state index in [2.05, 4.69) is 15.3 Å². The average Bonchev–Trinajstić information content (AvgIpc) is 2.34. The molecule has 1 heterocycles. The summed E-state index contributed by atoms with van der Waals surface area (Å²) in [6.07, 6.45) is -12.4. The summed E-state index contributed by atoms with van der Waals surface area (Å²) in [5.74, 6) is -0.854. The summed E-state index contributed by atoms with van der Waals surface area (Å²) in [6.45, 7) is 0.791. The first-order valence-electron chi connectivity index (χ1n) is 5.73. The summed E-state index contributed by atoms with van der Waals surface area (Å²) in [5, 5.41) is 13.2. The Morgan fingerprint density at radius 1 is 1.14 bits per heavy atom. The molecule has 1 unspecified atom stereocenters. The Labute approximate surface area is 115 Å². The molecule has 3 N–H and O–H groups in total. The fourth-order valence-electron chi connectivity index (χ4n) is 1.24. The highest BCUT2D eigenvalue weighted by Gasteiger charge is 2.38. The van der Waals surface area contributed by atoms with E-state index in [9.17, 15) is 26.3 Å². The van der Waals surface area contributed by atoms with Gasteiger partial charge in [0.25, 0.3) is 0 Å². The van der Waals surface area contributed by atoms with Crippen molar-refractivity contribution >= 4 is 11.8 Å². The van der Waals surface area contributed by atoms with Crippen molar-refractivity contribution in [2.45, 2.75) is 25.4 Å². The van der Waals surface area contributed by atoms with Gasteiger partial charge in [0.1, 0.15) is 5.82 Å². The maximum Gasteiger partial charge on any atom is 0.433 e. The molecule has 0 aromatic carbocycles. The van der Waals surface area contributed by atoms with Crippen molar-refractivity contribution in [3.05, 3.63) is 11.8 Å². The SMILES string of the molecule is CCNc1nc(NCC(O)C(F)(F)F)cc(C(F)(F)F)n1. The third-order valence-electron chi connectivity index (χ3n) is 2.21. The van der Waals surface area contributed by atoms with Crippen LogP contribution in [0.15, 0.2) is 6.07 Å². The van der Waals surface area contributed by atoms with Gasteiger partial charge in [-0.05, 0) is 6.92 Å². The molecule has 0 saturated heterocycles. The number of rotatable bonds is 5. The highest BCUT2D eigenvalue weighted by Crippen LogP contribution is 2.29. The summed E-state index contributed by atoms with van der Waals surface area (Å²) in [5.41, 5.74) is -1.31. The summed E-state index contributed by atoms with van der Waals surface area (Å²) >= 11 is 0. The van der Waals surface area contributed by atoms with Gasteiger partial charge in [0, 0.05) is 12.6 Å². The molecule has 0 aliphatic rings. The first-order valence-corrected chi connectivity index (χ1v) is 5.73. The Hall–Kier alpha value is -1.78. The monoisotopic (exact) mass is 318 g/mol. The molecule has 0 radical (unpaired) electrons. The van der Waals surface area contributed by atoms with Crippen molar-refractivity contribution in [1.29, 1.82) is 0 Å². The Morgan fingerprint density at radius 3 is 2.24 bits per heavy atom. The van der Waals surface area contributed by atoms with Crippen molar-refractivity contribution in [3.63, 3.8) is 0 Å². The number of hydrogen-bond donors (Lipinski definition) is 3. The number of aliphatic hydroxyl groups is 1. The number of nitrogens with zero attached hydrogens (tertiary/aromatic N) is 2. The van der Waals surface area contributed by atoms with Crippen molar-refractivity contribution < 1.29 is 31.4 Å². The van der Waals surface area contributed by atoms with Crippen LogP contribution in [0.5, 0.6) is 0 Å². The van der Waals surface area contributed by atoms with E-state index >= 15 is 0 Å². The van der Waals surface area contributed by atoms with E-state index < -0.39 is 36.5 Å². The zero-order chi connectivity index (χ0) is 16.3. The van der Waals surface area contributed by atoms with Gasteiger partial charge in [0.15, 0.2) is 11.8 Å². The van der Waals surface area contributed by atoms with Crippen molar-refractivity contribution in [3.8, 4) is 0 Å². The van der Waals surface area contributed by atoms with Crippen LogP contribution in [0.1, 0.15) is 12.6 Å². The van der Waals surface area contributed by atoms with Crippen LogP contribution in [0.25, 0.3) is 0 Å². The molecule has 1 aromatic rings. The Bertz CT molecular complexity index is 476. The van der Waals surface area contributed by atoms with Gasteiger partial charge in [-0.25, -0.2) is 4.98 Å². The second-order valence-electron chi connectivity index (χ2n) is 3.93. The van der Waals surface area contributed by atoms with Crippen LogP contribution >= 0.6 is 0 Å². The van der Waals surface area contributed by atoms with Gasteiger partial charge in [0.2, 0.25) is 5.95 Å². The molecule has 11 heteroatoms. The number of nitrogens with one attached hydrogen (secondary N) is 2. The largest absolute Gasteiger partial charge is 0.433 e. The number of alkyl halides is 6. The number of hydrogen-bond acceptors (Lipinski definition) is 5. The van der Waals surface area contributed by atoms with Gasteiger partial charge >= 0.3 is 12.4 Å². The van der Waals surface area contributed by atoms with E-state index in [1.807, 2.05) is 5.32 Å². The smallest absolute Gasteiger partial charge is 0.382 e. The maximum absolute atomic E-state index is 12.6. The van der Waals surface area contributed by atoms with Gasteiger partial charge < -0.3 is 15.7 Å². The standard InChI is InChI=1S/C10H12F6N4O/c1-2-17-8-19-5(9(11,12)13)3-7(20-8)18-4-6(21)10(14,15)16/h3,6,21H,2,4H2,1H3,(H2,17,18,19,20). The zero-order valence-corrected chi connectivity index (χ0v) is 10.7. The van der Waals surface area contributed by atoms with E-state index in [4.69, 9.17) is 5.11 Å².